The lowest BCUT2D eigenvalue weighted by atomic mass is 9.91. The Morgan fingerprint density at radius 3 is 3.07 bits per heavy atom. The van der Waals surface area contributed by atoms with Crippen molar-refractivity contribution in [3.8, 4) is 11.3 Å². The molecule has 6 rings (SSSR count). The van der Waals surface area contributed by atoms with Crippen LogP contribution in [0.5, 0.6) is 0 Å². The average molecular weight is 417 g/mol. The molecule has 5 nitrogen and oxygen atoms in total. The SMILES string of the molecule is c1cnc2c(c1)C(N1CCCc3c1ccnc3-c1cncc3c1COCC3)CSC2. The molecule has 152 valence electrons. The van der Waals surface area contributed by atoms with E-state index >= 15 is 0 Å². The molecular weight excluding hydrogens is 392 g/mol. The predicted molar refractivity (Wildman–Crippen MR) is 120 cm³/mol. The summed E-state index contributed by atoms with van der Waals surface area (Å²) < 4.78 is 5.78. The van der Waals surface area contributed by atoms with Gasteiger partial charge in [-0.25, -0.2) is 0 Å². The molecular formula is C24H24N4OS. The van der Waals surface area contributed by atoms with Gasteiger partial charge in [0.2, 0.25) is 0 Å². The third-order valence-electron chi connectivity index (χ3n) is 6.51. The maximum absolute atomic E-state index is 5.78. The van der Waals surface area contributed by atoms with Gasteiger partial charge in [0.1, 0.15) is 0 Å². The van der Waals surface area contributed by atoms with Crippen LogP contribution in [-0.4, -0.2) is 33.9 Å². The Hall–Kier alpha value is -2.44. The largest absolute Gasteiger partial charge is 0.376 e. The normalized spacial score (nSPS) is 20.3. The molecule has 3 aromatic rings. The van der Waals surface area contributed by atoms with E-state index in [-0.39, 0.29) is 0 Å². The summed E-state index contributed by atoms with van der Waals surface area (Å²) in [7, 11) is 0. The molecule has 3 aliphatic rings. The van der Waals surface area contributed by atoms with Gasteiger partial charge in [0, 0.05) is 59.7 Å². The van der Waals surface area contributed by atoms with E-state index in [4.69, 9.17) is 9.72 Å². The van der Waals surface area contributed by atoms with Crippen molar-refractivity contribution in [3.63, 3.8) is 0 Å². The molecule has 3 aromatic heterocycles. The Labute approximate surface area is 180 Å². The summed E-state index contributed by atoms with van der Waals surface area (Å²) >= 11 is 1.99. The van der Waals surface area contributed by atoms with Gasteiger partial charge in [-0.3, -0.25) is 15.0 Å². The summed E-state index contributed by atoms with van der Waals surface area (Å²) in [6.07, 6.45) is 11.0. The number of nitrogens with zero attached hydrogens (tertiary/aromatic N) is 4. The number of hydrogen-bond acceptors (Lipinski definition) is 6. The minimum absolute atomic E-state index is 0.368. The van der Waals surface area contributed by atoms with Crippen LogP contribution in [-0.2, 0) is 29.9 Å². The third kappa shape index (κ3) is 3.01. The lowest BCUT2D eigenvalue weighted by Crippen LogP contribution is -2.37. The Bertz CT molecular complexity index is 1100. The summed E-state index contributed by atoms with van der Waals surface area (Å²) in [5.74, 6) is 2.11. The third-order valence-corrected chi connectivity index (χ3v) is 7.53. The number of pyridine rings is 3. The standard InChI is InChI=1S/C24H24N4OS/c1-3-17-21(26-7-1)14-30-15-23(17)28-9-2-4-18-22(28)5-8-27-24(18)19-12-25-11-16-6-10-29-13-20(16)19/h1,3,5,7-8,11-12,23H,2,4,6,9-10,13-15H2. The van der Waals surface area contributed by atoms with Gasteiger partial charge >= 0.3 is 0 Å². The lowest BCUT2D eigenvalue weighted by Gasteiger charge is -2.40. The fourth-order valence-corrected chi connectivity index (χ4v) is 6.20. The van der Waals surface area contributed by atoms with E-state index in [9.17, 15) is 0 Å². The molecule has 1 atom stereocenters. The van der Waals surface area contributed by atoms with Crippen molar-refractivity contribution in [2.45, 2.75) is 37.7 Å². The molecule has 0 N–H and O–H groups in total. The van der Waals surface area contributed by atoms with Gasteiger partial charge in [-0.05, 0) is 48.1 Å². The average Bonchev–Trinajstić information content (AvgIpc) is 2.83. The number of anilines is 1. The van der Waals surface area contributed by atoms with E-state index in [1.165, 1.54) is 33.6 Å². The summed E-state index contributed by atoms with van der Waals surface area (Å²) in [4.78, 5) is 16.6. The smallest absolute Gasteiger partial charge is 0.0773 e. The fourth-order valence-electron chi connectivity index (χ4n) is 5.07. The Kier molecular flexibility index (Phi) is 4.69. The molecule has 0 saturated carbocycles. The Morgan fingerprint density at radius 1 is 1.07 bits per heavy atom. The van der Waals surface area contributed by atoms with E-state index in [0.29, 0.717) is 12.6 Å². The van der Waals surface area contributed by atoms with Crippen LogP contribution in [0.4, 0.5) is 5.69 Å². The van der Waals surface area contributed by atoms with E-state index < -0.39 is 0 Å². The van der Waals surface area contributed by atoms with Gasteiger partial charge in [0.05, 0.1) is 30.6 Å². The second-order valence-corrected chi connectivity index (χ2v) is 9.18. The first-order valence-electron chi connectivity index (χ1n) is 10.7. The first-order valence-corrected chi connectivity index (χ1v) is 11.9. The highest BCUT2D eigenvalue weighted by Crippen LogP contribution is 2.42. The summed E-state index contributed by atoms with van der Waals surface area (Å²) in [6.45, 7) is 2.50. The number of hydrogen-bond donors (Lipinski definition) is 0. The minimum Gasteiger partial charge on any atom is -0.376 e. The summed E-state index contributed by atoms with van der Waals surface area (Å²) in [5, 5.41) is 0. The minimum atomic E-state index is 0.368. The van der Waals surface area contributed by atoms with Crippen molar-refractivity contribution in [2.75, 3.05) is 23.8 Å². The topological polar surface area (TPSA) is 51.1 Å². The molecule has 3 aliphatic heterocycles. The van der Waals surface area contributed by atoms with Crippen LogP contribution in [0.15, 0.2) is 43.0 Å². The van der Waals surface area contributed by atoms with E-state index in [2.05, 4.69) is 33.1 Å². The van der Waals surface area contributed by atoms with Gasteiger partial charge in [0.25, 0.3) is 0 Å². The quantitative estimate of drug-likeness (QED) is 0.619. The molecule has 0 fully saturated rings. The molecule has 0 radical (unpaired) electrons. The Morgan fingerprint density at radius 2 is 2.07 bits per heavy atom. The molecule has 0 saturated heterocycles. The van der Waals surface area contributed by atoms with Crippen LogP contribution < -0.4 is 4.90 Å². The van der Waals surface area contributed by atoms with Gasteiger partial charge in [-0.15, -0.1) is 0 Å². The second kappa shape index (κ2) is 7.67. The number of ether oxygens (including phenoxy) is 1. The zero-order valence-corrected chi connectivity index (χ0v) is 17.7. The highest BCUT2D eigenvalue weighted by Gasteiger charge is 2.31. The lowest BCUT2D eigenvalue weighted by molar-refractivity contribution is 0.111. The van der Waals surface area contributed by atoms with Crippen molar-refractivity contribution in [1.82, 2.24) is 15.0 Å². The van der Waals surface area contributed by atoms with E-state index in [1.807, 2.05) is 36.5 Å². The van der Waals surface area contributed by atoms with Crippen LogP contribution in [0.1, 0.15) is 40.4 Å². The summed E-state index contributed by atoms with van der Waals surface area (Å²) in [6, 6.07) is 6.91. The van der Waals surface area contributed by atoms with Gasteiger partial charge in [-0.1, -0.05) is 6.07 Å². The fraction of sp³-hybridized carbons (Fsp3) is 0.375. The number of aromatic nitrogens is 3. The van der Waals surface area contributed by atoms with Crippen LogP contribution in [0.3, 0.4) is 0 Å². The van der Waals surface area contributed by atoms with Crippen molar-refractivity contribution in [2.24, 2.45) is 0 Å². The van der Waals surface area contributed by atoms with E-state index in [1.54, 1.807) is 0 Å². The first kappa shape index (κ1) is 18.3. The molecule has 0 amide bonds. The zero-order valence-electron chi connectivity index (χ0n) is 16.9. The molecule has 0 aliphatic carbocycles. The van der Waals surface area contributed by atoms with Crippen LogP contribution >= 0.6 is 11.8 Å². The summed E-state index contributed by atoms with van der Waals surface area (Å²) in [5.41, 5.74) is 10.1. The van der Waals surface area contributed by atoms with Crippen molar-refractivity contribution in [1.29, 1.82) is 0 Å². The second-order valence-electron chi connectivity index (χ2n) is 8.15. The van der Waals surface area contributed by atoms with Crippen LogP contribution in [0.2, 0.25) is 0 Å². The highest BCUT2D eigenvalue weighted by atomic mass is 32.2. The molecule has 0 spiro atoms. The van der Waals surface area contributed by atoms with Crippen LogP contribution in [0.25, 0.3) is 11.3 Å². The van der Waals surface area contributed by atoms with Crippen molar-refractivity contribution in [3.05, 3.63) is 70.9 Å². The number of fused-ring (bicyclic) bond motifs is 3. The highest BCUT2D eigenvalue weighted by molar-refractivity contribution is 7.98. The van der Waals surface area contributed by atoms with Gasteiger partial charge in [-0.2, -0.15) is 11.8 Å². The number of rotatable bonds is 2. The van der Waals surface area contributed by atoms with E-state index in [0.717, 1.165) is 55.2 Å². The zero-order chi connectivity index (χ0) is 19.9. The first-order chi connectivity index (χ1) is 14.9. The predicted octanol–water partition coefficient (Wildman–Crippen LogP) is 4.35. The Balaban J connectivity index is 1.46. The maximum atomic E-state index is 5.78. The molecule has 6 heterocycles. The van der Waals surface area contributed by atoms with Crippen LogP contribution in [0, 0.1) is 0 Å². The monoisotopic (exact) mass is 416 g/mol. The van der Waals surface area contributed by atoms with Crippen molar-refractivity contribution < 1.29 is 4.74 Å². The molecule has 6 heteroatoms. The van der Waals surface area contributed by atoms with Gasteiger partial charge < -0.3 is 9.64 Å². The number of thioether (sulfide) groups is 1. The molecule has 0 aromatic carbocycles. The van der Waals surface area contributed by atoms with Crippen molar-refractivity contribution >= 4 is 17.4 Å². The molecule has 0 bridgehead atoms. The molecule has 1 unspecified atom stereocenters. The molecule has 30 heavy (non-hydrogen) atoms. The van der Waals surface area contributed by atoms with Gasteiger partial charge in [0.15, 0.2) is 0 Å². The maximum Gasteiger partial charge on any atom is 0.0773 e.